The van der Waals surface area contributed by atoms with Crippen LogP contribution in [0.3, 0.4) is 0 Å². The number of rotatable bonds is 6. The summed E-state index contributed by atoms with van der Waals surface area (Å²) < 4.78 is 5.34. The minimum Gasteiger partial charge on any atom is -0.449 e. The van der Waals surface area contributed by atoms with Gasteiger partial charge in [-0.15, -0.1) is 0 Å². The van der Waals surface area contributed by atoms with E-state index in [0.717, 1.165) is 16.8 Å². The van der Waals surface area contributed by atoms with Crippen molar-refractivity contribution in [3.05, 3.63) is 70.9 Å². The zero-order chi connectivity index (χ0) is 22.5. The molecule has 1 atom stereocenters. The molecule has 2 N–H and O–H groups in total. The summed E-state index contributed by atoms with van der Waals surface area (Å²) in [7, 11) is 0. The van der Waals surface area contributed by atoms with Crippen molar-refractivity contribution < 1.29 is 19.1 Å². The van der Waals surface area contributed by atoms with Crippen molar-refractivity contribution in [2.24, 2.45) is 0 Å². The number of ether oxygens (including phenoxy) is 1. The van der Waals surface area contributed by atoms with E-state index in [1.165, 1.54) is 6.92 Å². The Bertz CT molecular complexity index is 1140. The summed E-state index contributed by atoms with van der Waals surface area (Å²) >= 11 is 0. The number of hydrogen-bond acceptors (Lipinski definition) is 5. The maximum Gasteiger partial charge on any atom is 0.339 e. The van der Waals surface area contributed by atoms with Crippen LogP contribution in [0, 0.1) is 20.8 Å². The highest BCUT2D eigenvalue weighted by atomic mass is 16.5. The molecule has 0 aliphatic heterocycles. The standard InChI is InChI=1S/C24H25N3O4/c1-14-8-7-9-15(2)22(14)27-21(28)13-25-23(29)17(4)31-24(30)19-12-16(3)26-20-11-6-5-10-18(19)20/h5-12,17H,13H2,1-4H3,(H,25,29)(H,27,28)/t17-/m1/s1. The molecule has 3 aromatic rings. The van der Waals surface area contributed by atoms with Gasteiger partial charge < -0.3 is 15.4 Å². The summed E-state index contributed by atoms with van der Waals surface area (Å²) in [5, 5.41) is 5.96. The Morgan fingerprint density at radius 2 is 1.68 bits per heavy atom. The number of carbonyl (C=O) groups is 3. The fourth-order valence-corrected chi connectivity index (χ4v) is 3.26. The van der Waals surface area contributed by atoms with Crippen LogP contribution in [0.5, 0.6) is 0 Å². The lowest BCUT2D eigenvalue weighted by atomic mass is 10.1. The van der Waals surface area contributed by atoms with E-state index in [1.54, 1.807) is 25.1 Å². The minimum atomic E-state index is -1.06. The van der Waals surface area contributed by atoms with Gasteiger partial charge in [-0.05, 0) is 51.0 Å². The van der Waals surface area contributed by atoms with Crippen LogP contribution in [-0.4, -0.2) is 35.4 Å². The number of carbonyl (C=O) groups excluding carboxylic acids is 3. The lowest BCUT2D eigenvalue weighted by molar-refractivity contribution is -0.130. The summed E-state index contributed by atoms with van der Waals surface area (Å²) in [5.41, 5.74) is 4.28. The summed E-state index contributed by atoms with van der Waals surface area (Å²) in [4.78, 5) is 41.6. The molecule has 3 rings (SSSR count). The third kappa shape index (κ3) is 5.25. The number of amides is 2. The predicted molar refractivity (Wildman–Crippen MR) is 119 cm³/mol. The Morgan fingerprint density at radius 3 is 2.39 bits per heavy atom. The molecule has 0 fully saturated rings. The molecule has 0 saturated heterocycles. The molecular formula is C24H25N3O4. The fraction of sp³-hybridized carbons (Fsp3) is 0.250. The molecule has 2 aromatic carbocycles. The number of fused-ring (bicyclic) bond motifs is 1. The predicted octanol–water partition coefficient (Wildman–Crippen LogP) is 3.46. The molecule has 0 aliphatic rings. The van der Waals surface area contributed by atoms with Crippen molar-refractivity contribution in [3.8, 4) is 0 Å². The zero-order valence-corrected chi connectivity index (χ0v) is 18.0. The second kappa shape index (κ2) is 9.38. The van der Waals surface area contributed by atoms with Crippen LogP contribution in [0.15, 0.2) is 48.5 Å². The lowest BCUT2D eigenvalue weighted by Crippen LogP contribution is -2.40. The maximum atomic E-state index is 12.7. The van der Waals surface area contributed by atoms with Crippen LogP contribution in [0.1, 0.15) is 34.1 Å². The van der Waals surface area contributed by atoms with Gasteiger partial charge in [0.1, 0.15) is 0 Å². The fourth-order valence-electron chi connectivity index (χ4n) is 3.26. The van der Waals surface area contributed by atoms with Crippen LogP contribution in [0.4, 0.5) is 5.69 Å². The number of aromatic nitrogens is 1. The van der Waals surface area contributed by atoms with Crippen molar-refractivity contribution >= 4 is 34.4 Å². The molecule has 7 heteroatoms. The summed E-state index contributed by atoms with van der Waals surface area (Å²) in [6.07, 6.45) is -1.06. The third-order valence-electron chi connectivity index (χ3n) is 4.89. The lowest BCUT2D eigenvalue weighted by Gasteiger charge is -2.15. The van der Waals surface area contributed by atoms with E-state index in [4.69, 9.17) is 4.74 Å². The molecule has 1 aromatic heterocycles. The largest absolute Gasteiger partial charge is 0.449 e. The smallest absolute Gasteiger partial charge is 0.339 e. The number of hydrogen-bond donors (Lipinski definition) is 2. The number of para-hydroxylation sites is 2. The summed E-state index contributed by atoms with van der Waals surface area (Å²) in [6.45, 7) is 6.81. The van der Waals surface area contributed by atoms with Crippen LogP contribution in [0.2, 0.25) is 0 Å². The van der Waals surface area contributed by atoms with Gasteiger partial charge in [0.15, 0.2) is 6.10 Å². The van der Waals surface area contributed by atoms with Crippen LogP contribution in [0.25, 0.3) is 10.9 Å². The second-order valence-electron chi connectivity index (χ2n) is 7.41. The zero-order valence-electron chi connectivity index (χ0n) is 18.0. The van der Waals surface area contributed by atoms with E-state index in [-0.39, 0.29) is 12.5 Å². The van der Waals surface area contributed by atoms with Crippen LogP contribution < -0.4 is 10.6 Å². The first-order valence-electron chi connectivity index (χ1n) is 9.97. The average Bonchev–Trinajstić information content (AvgIpc) is 2.73. The minimum absolute atomic E-state index is 0.230. The molecule has 7 nitrogen and oxygen atoms in total. The van der Waals surface area contributed by atoms with Gasteiger partial charge in [-0.3, -0.25) is 14.6 Å². The molecule has 0 bridgehead atoms. The molecule has 0 aliphatic carbocycles. The van der Waals surface area contributed by atoms with Gasteiger partial charge in [-0.2, -0.15) is 0 Å². The first kappa shape index (κ1) is 22.0. The van der Waals surface area contributed by atoms with Gasteiger partial charge in [0.2, 0.25) is 5.91 Å². The first-order valence-corrected chi connectivity index (χ1v) is 9.97. The van der Waals surface area contributed by atoms with E-state index < -0.39 is 18.0 Å². The molecule has 0 spiro atoms. The summed E-state index contributed by atoms with van der Waals surface area (Å²) in [5.74, 6) is -1.54. The Hall–Kier alpha value is -3.74. The normalized spacial score (nSPS) is 11.6. The van der Waals surface area contributed by atoms with Crippen molar-refractivity contribution in [1.82, 2.24) is 10.3 Å². The van der Waals surface area contributed by atoms with E-state index in [9.17, 15) is 14.4 Å². The highest BCUT2D eigenvalue weighted by molar-refractivity contribution is 6.04. The van der Waals surface area contributed by atoms with Gasteiger partial charge in [0, 0.05) is 16.8 Å². The Balaban J connectivity index is 1.60. The third-order valence-corrected chi connectivity index (χ3v) is 4.89. The molecule has 2 amide bonds. The Morgan fingerprint density at radius 1 is 1.00 bits per heavy atom. The highest BCUT2D eigenvalue weighted by Gasteiger charge is 2.21. The number of pyridine rings is 1. The van der Waals surface area contributed by atoms with Crippen LogP contribution in [-0.2, 0) is 14.3 Å². The number of nitrogens with one attached hydrogen (secondary N) is 2. The van der Waals surface area contributed by atoms with Gasteiger partial charge in [0.05, 0.1) is 17.6 Å². The van der Waals surface area contributed by atoms with Crippen molar-refractivity contribution in [2.45, 2.75) is 33.8 Å². The SMILES string of the molecule is Cc1cc(C(=O)O[C@H](C)C(=O)NCC(=O)Nc2c(C)cccc2C)c2ccccc2n1. The molecule has 0 unspecified atom stereocenters. The number of anilines is 1. The van der Waals surface area contributed by atoms with Crippen molar-refractivity contribution in [2.75, 3.05) is 11.9 Å². The molecule has 1 heterocycles. The monoisotopic (exact) mass is 419 g/mol. The van der Waals surface area contributed by atoms with E-state index >= 15 is 0 Å². The summed E-state index contributed by atoms with van der Waals surface area (Å²) in [6, 6.07) is 14.6. The molecular weight excluding hydrogens is 394 g/mol. The first-order chi connectivity index (χ1) is 14.8. The molecule has 31 heavy (non-hydrogen) atoms. The number of nitrogens with zero attached hydrogens (tertiary/aromatic N) is 1. The van der Waals surface area contributed by atoms with Gasteiger partial charge in [-0.1, -0.05) is 36.4 Å². The number of aryl methyl sites for hydroxylation is 3. The Labute approximate surface area is 180 Å². The molecule has 160 valence electrons. The number of esters is 1. The highest BCUT2D eigenvalue weighted by Crippen LogP contribution is 2.20. The van der Waals surface area contributed by atoms with Crippen molar-refractivity contribution in [1.29, 1.82) is 0 Å². The van der Waals surface area contributed by atoms with Crippen LogP contribution >= 0.6 is 0 Å². The Kier molecular flexibility index (Phi) is 6.65. The van der Waals surface area contributed by atoms with E-state index in [1.807, 2.05) is 44.2 Å². The topological polar surface area (TPSA) is 97.4 Å². The maximum absolute atomic E-state index is 12.7. The second-order valence-corrected chi connectivity index (χ2v) is 7.41. The van der Waals surface area contributed by atoms with Crippen molar-refractivity contribution in [3.63, 3.8) is 0 Å². The number of benzene rings is 2. The van der Waals surface area contributed by atoms with E-state index in [0.29, 0.717) is 22.2 Å². The van der Waals surface area contributed by atoms with E-state index in [2.05, 4.69) is 15.6 Å². The quantitative estimate of drug-likeness (QED) is 0.597. The van der Waals surface area contributed by atoms with Gasteiger partial charge in [-0.25, -0.2) is 4.79 Å². The molecule has 0 radical (unpaired) electrons. The molecule has 0 saturated carbocycles. The van der Waals surface area contributed by atoms with Gasteiger partial charge >= 0.3 is 5.97 Å². The average molecular weight is 419 g/mol. The van der Waals surface area contributed by atoms with Gasteiger partial charge in [0.25, 0.3) is 5.91 Å².